The van der Waals surface area contributed by atoms with Crippen molar-refractivity contribution >= 4 is 11.6 Å². The molecule has 92 valence electrons. The van der Waals surface area contributed by atoms with Crippen LogP contribution in [0.25, 0.3) is 0 Å². The van der Waals surface area contributed by atoms with Crippen LogP contribution in [0.5, 0.6) is 5.75 Å². The number of alkyl halides is 1. The molecule has 0 radical (unpaired) electrons. The van der Waals surface area contributed by atoms with E-state index in [4.69, 9.17) is 21.6 Å². The van der Waals surface area contributed by atoms with Gasteiger partial charge in [0.15, 0.2) is 0 Å². The van der Waals surface area contributed by atoms with Gasteiger partial charge in [-0.25, -0.2) is 0 Å². The number of benzene rings is 1. The highest BCUT2D eigenvalue weighted by Gasteiger charge is 2.15. The van der Waals surface area contributed by atoms with Crippen molar-refractivity contribution in [3.63, 3.8) is 0 Å². The molecule has 0 atom stereocenters. The van der Waals surface area contributed by atoms with E-state index in [2.05, 4.69) is 6.07 Å². The monoisotopic (exact) mass is 251 g/mol. The highest BCUT2D eigenvalue weighted by Crippen LogP contribution is 2.21. The molecule has 0 bridgehead atoms. The van der Waals surface area contributed by atoms with Crippen LogP contribution in [0, 0.1) is 16.7 Å². The predicted molar refractivity (Wildman–Crippen MR) is 70.1 cm³/mol. The second-order valence-corrected chi connectivity index (χ2v) is 5.00. The van der Waals surface area contributed by atoms with E-state index in [1.54, 1.807) is 0 Å². The summed E-state index contributed by atoms with van der Waals surface area (Å²) in [5.41, 5.74) is 0.794. The van der Waals surface area contributed by atoms with Crippen molar-refractivity contribution in [1.29, 1.82) is 5.26 Å². The van der Waals surface area contributed by atoms with Crippen molar-refractivity contribution in [3.05, 3.63) is 29.8 Å². The van der Waals surface area contributed by atoms with Gasteiger partial charge < -0.3 is 4.74 Å². The Kier molecular flexibility index (Phi) is 5.31. The van der Waals surface area contributed by atoms with Gasteiger partial charge in [0.25, 0.3) is 0 Å². The fourth-order valence-corrected chi connectivity index (χ4v) is 1.64. The maximum Gasteiger partial charge on any atom is 0.119 e. The van der Waals surface area contributed by atoms with Gasteiger partial charge in [-0.05, 0) is 44.4 Å². The van der Waals surface area contributed by atoms with E-state index in [1.165, 1.54) is 0 Å². The van der Waals surface area contributed by atoms with E-state index >= 15 is 0 Å². The van der Waals surface area contributed by atoms with Crippen molar-refractivity contribution in [1.82, 2.24) is 0 Å². The highest BCUT2D eigenvalue weighted by molar-refractivity contribution is 6.17. The molecule has 0 fully saturated rings. The second kappa shape index (κ2) is 6.51. The zero-order valence-electron chi connectivity index (χ0n) is 10.4. The van der Waals surface area contributed by atoms with Gasteiger partial charge in [0.2, 0.25) is 0 Å². The van der Waals surface area contributed by atoms with Crippen molar-refractivity contribution in [2.24, 2.45) is 5.41 Å². The molecule has 0 saturated heterocycles. The number of hydrogen-bond acceptors (Lipinski definition) is 2. The molecule has 2 nitrogen and oxygen atoms in total. The summed E-state index contributed by atoms with van der Waals surface area (Å²) in [6, 6.07) is 10.1. The summed E-state index contributed by atoms with van der Waals surface area (Å²) in [5, 5.41) is 8.87. The van der Waals surface area contributed by atoms with E-state index in [0.29, 0.717) is 12.5 Å². The molecule has 17 heavy (non-hydrogen) atoms. The minimum Gasteiger partial charge on any atom is -0.494 e. The van der Waals surface area contributed by atoms with Crippen LogP contribution >= 0.6 is 11.6 Å². The van der Waals surface area contributed by atoms with Gasteiger partial charge in [0.1, 0.15) is 5.75 Å². The number of ether oxygens (including phenoxy) is 1. The normalized spacial score (nSPS) is 10.9. The van der Waals surface area contributed by atoms with Crippen molar-refractivity contribution < 1.29 is 4.74 Å². The summed E-state index contributed by atoms with van der Waals surface area (Å²) in [7, 11) is 0. The first-order valence-electron chi connectivity index (χ1n) is 5.76. The standard InChI is InChI=1S/C14H18ClNO/c1-14(2,11-16)7-4-8-17-13-6-3-5-12(9-13)10-15/h3,5-6,9H,4,7-8,10H2,1-2H3. The minimum absolute atomic E-state index is 0.263. The lowest BCUT2D eigenvalue weighted by Gasteiger charge is -2.14. The van der Waals surface area contributed by atoms with E-state index in [-0.39, 0.29) is 5.41 Å². The zero-order chi connectivity index (χ0) is 12.7. The van der Waals surface area contributed by atoms with Crippen LogP contribution in [-0.4, -0.2) is 6.61 Å². The minimum atomic E-state index is -0.263. The molecule has 0 spiro atoms. The van der Waals surface area contributed by atoms with E-state index in [0.717, 1.165) is 24.2 Å². The third-order valence-corrected chi connectivity index (χ3v) is 2.88. The van der Waals surface area contributed by atoms with Crippen LogP contribution in [0.4, 0.5) is 0 Å². The van der Waals surface area contributed by atoms with Crippen molar-refractivity contribution in [2.75, 3.05) is 6.61 Å². The summed E-state index contributed by atoms with van der Waals surface area (Å²) in [6.45, 7) is 4.53. The highest BCUT2D eigenvalue weighted by atomic mass is 35.5. The Morgan fingerprint density at radius 3 is 2.82 bits per heavy atom. The summed E-state index contributed by atoms with van der Waals surface area (Å²) in [6.07, 6.45) is 1.73. The molecule has 0 N–H and O–H groups in total. The van der Waals surface area contributed by atoms with Gasteiger partial charge in [-0.2, -0.15) is 5.26 Å². The smallest absolute Gasteiger partial charge is 0.119 e. The topological polar surface area (TPSA) is 33.0 Å². The zero-order valence-corrected chi connectivity index (χ0v) is 11.1. The Balaban J connectivity index is 2.34. The van der Waals surface area contributed by atoms with E-state index in [1.807, 2.05) is 38.1 Å². The molecule has 1 rings (SSSR count). The SMILES string of the molecule is CC(C)(C#N)CCCOc1cccc(CCl)c1. The number of halogens is 1. The van der Waals surface area contributed by atoms with Gasteiger partial charge in [-0.3, -0.25) is 0 Å². The van der Waals surface area contributed by atoms with E-state index in [9.17, 15) is 0 Å². The van der Waals surface area contributed by atoms with Crippen molar-refractivity contribution in [3.8, 4) is 11.8 Å². The Bertz CT molecular complexity index is 395. The summed E-state index contributed by atoms with van der Waals surface area (Å²) < 4.78 is 5.62. The van der Waals surface area contributed by atoms with Crippen molar-refractivity contribution in [2.45, 2.75) is 32.6 Å². The largest absolute Gasteiger partial charge is 0.494 e. The van der Waals surface area contributed by atoms with Crippen LogP contribution in [0.2, 0.25) is 0 Å². The molecule has 0 unspecified atom stereocenters. The first kappa shape index (κ1) is 13.9. The Labute approximate surface area is 108 Å². The number of hydrogen-bond donors (Lipinski definition) is 0. The molecule has 0 aromatic heterocycles. The number of nitriles is 1. The molecule has 0 aliphatic heterocycles. The average Bonchev–Trinajstić information content (AvgIpc) is 2.35. The number of rotatable bonds is 6. The first-order chi connectivity index (χ1) is 8.07. The Morgan fingerprint density at radius 2 is 2.18 bits per heavy atom. The third-order valence-electron chi connectivity index (χ3n) is 2.57. The molecule has 0 amide bonds. The van der Waals surface area contributed by atoms with Crippen LogP contribution in [0.1, 0.15) is 32.3 Å². The molecule has 0 saturated carbocycles. The van der Waals surface area contributed by atoms with Crippen LogP contribution < -0.4 is 4.74 Å². The molecule has 0 heterocycles. The predicted octanol–water partition coefficient (Wildman–Crippen LogP) is 4.13. The fourth-order valence-electron chi connectivity index (χ4n) is 1.48. The lowest BCUT2D eigenvalue weighted by Crippen LogP contribution is -2.10. The van der Waals surface area contributed by atoms with Crippen LogP contribution in [0.3, 0.4) is 0 Å². The van der Waals surface area contributed by atoms with Crippen LogP contribution in [-0.2, 0) is 5.88 Å². The number of nitrogens with zero attached hydrogens (tertiary/aromatic N) is 1. The van der Waals surface area contributed by atoms with Gasteiger partial charge in [-0.1, -0.05) is 12.1 Å². The average molecular weight is 252 g/mol. The van der Waals surface area contributed by atoms with Crippen LogP contribution in [0.15, 0.2) is 24.3 Å². The molecule has 1 aromatic rings. The summed E-state index contributed by atoms with van der Waals surface area (Å²) >= 11 is 5.75. The van der Waals surface area contributed by atoms with Gasteiger partial charge >= 0.3 is 0 Å². The third kappa shape index (κ3) is 5.10. The summed E-state index contributed by atoms with van der Waals surface area (Å²) in [4.78, 5) is 0. The maximum atomic E-state index is 8.87. The van der Waals surface area contributed by atoms with Gasteiger partial charge in [-0.15, -0.1) is 11.6 Å². The molecular formula is C14H18ClNO. The molecule has 1 aromatic carbocycles. The van der Waals surface area contributed by atoms with Gasteiger partial charge in [0.05, 0.1) is 18.1 Å². The maximum absolute atomic E-state index is 8.87. The van der Waals surface area contributed by atoms with E-state index < -0.39 is 0 Å². The Hall–Kier alpha value is -1.20. The molecular weight excluding hydrogens is 234 g/mol. The molecule has 0 aliphatic carbocycles. The fraction of sp³-hybridized carbons (Fsp3) is 0.500. The quantitative estimate of drug-likeness (QED) is 0.562. The lowest BCUT2D eigenvalue weighted by atomic mass is 9.90. The molecule has 0 aliphatic rings. The van der Waals surface area contributed by atoms with Gasteiger partial charge in [0, 0.05) is 5.88 Å². The Morgan fingerprint density at radius 1 is 1.41 bits per heavy atom. The first-order valence-corrected chi connectivity index (χ1v) is 6.30. The summed E-state index contributed by atoms with van der Waals surface area (Å²) in [5.74, 6) is 1.34. The molecule has 3 heteroatoms. The second-order valence-electron chi connectivity index (χ2n) is 4.73. The lowest BCUT2D eigenvalue weighted by molar-refractivity contribution is 0.284.